The molecule has 0 aliphatic carbocycles. The van der Waals surface area contributed by atoms with Crippen molar-refractivity contribution in [3.8, 4) is 5.75 Å². The fraction of sp³-hybridized carbons (Fsp3) is 0.333. The number of likely N-dealkylation sites (tertiary alicyclic amines) is 1. The molecular formula is C18H20N2O2. The molecule has 0 bridgehead atoms. The molecule has 3 rings (SSSR count). The molecule has 1 aromatic heterocycles. The molecule has 114 valence electrons. The van der Waals surface area contributed by atoms with Crippen LogP contribution in [0.25, 0.3) is 0 Å². The van der Waals surface area contributed by atoms with Gasteiger partial charge in [-0.1, -0.05) is 18.2 Å². The SMILES string of the molecule is Cc1ccccc1C(=O)N1CCC[C@H](Oc2ccncc2)C1. The summed E-state index contributed by atoms with van der Waals surface area (Å²) in [6, 6.07) is 11.4. The first kappa shape index (κ1) is 14.6. The van der Waals surface area contributed by atoms with Gasteiger partial charge in [-0.3, -0.25) is 9.78 Å². The van der Waals surface area contributed by atoms with Crippen molar-refractivity contribution < 1.29 is 9.53 Å². The van der Waals surface area contributed by atoms with Gasteiger partial charge in [-0.2, -0.15) is 0 Å². The van der Waals surface area contributed by atoms with E-state index in [4.69, 9.17) is 4.74 Å². The molecule has 1 amide bonds. The summed E-state index contributed by atoms with van der Waals surface area (Å²) < 4.78 is 5.97. The van der Waals surface area contributed by atoms with E-state index in [1.165, 1.54) is 0 Å². The molecule has 1 atom stereocenters. The third kappa shape index (κ3) is 3.27. The van der Waals surface area contributed by atoms with Gasteiger partial charge in [0.15, 0.2) is 0 Å². The van der Waals surface area contributed by atoms with Crippen molar-refractivity contribution in [2.24, 2.45) is 0 Å². The molecular weight excluding hydrogens is 276 g/mol. The van der Waals surface area contributed by atoms with E-state index < -0.39 is 0 Å². The Bertz CT molecular complexity index is 643. The quantitative estimate of drug-likeness (QED) is 0.874. The van der Waals surface area contributed by atoms with Gasteiger partial charge in [-0.15, -0.1) is 0 Å². The summed E-state index contributed by atoms with van der Waals surface area (Å²) in [5.74, 6) is 0.909. The lowest BCUT2D eigenvalue weighted by Gasteiger charge is -2.33. The zero-order chi connectivity index (χ0) is 15.4. The van der Waals surface area contributed by atoms with Crippen molar-refractivity contribution in [3.63, 3.8) is 0 Å². The van der Waals surface area contributed by atoms with Crippen molar-refractivity contribution in [2.45, 2.75) is 25.9 Å². The van der Waals surface area contributed by atoms with Gasteiger partial charge in [0.05, 0.1) is 6.54 Å². The minimum atomic E-state index is 0.0455. The van der Waals surface area contributed by atoms with E-state index in [-0.39, 0.29) is 12.0 Å². The van der Waals surface area contributed by atoms with Crippen molar-refractivity contribution >= 4 is 5.91 Å². The number of carbonyl (C=O) groups is 1. The molecule has 0 spiro atoms. The van der Waals surface area contributed by atoms with Gasteiger partial charge in [-0.05, 0) is 43.5 Å². The number of amides is 1. The third-order valence-electron chi connectivity index (χ3n) is 3.99. The third-order valence-corrected chi connectivity index (χ3v) is 3.99. The molecule has 2 aromatic rings. The number of benzene rings is 1. The summed E-state index contributed by atoms with van der Waals surface area (Å²) in [5, 5.41) is 0. The van der Waals surface area contributed by atoms with Crippen LogP contribution >= 0.6 is 0 Å². The standard InChI is InChI=1S/C18H20N2O2/c1-14-5-2-3-7-17(14)18(21)20-12-4-6-16(13-20)22-15-8-10-19-11-9-15/h2-3,5,7-11,16H,4,6,12-13H2,1H3/t16-/m0/s1. The predicted octanol–water partition coefficient (Wildman–Crippen LogP) is 3.07. The second-order valence-electron chi connectivity index (χ2n) is 5.63. The van der Waals surface area contributed by atoms with Gasteiger partial charge < -0.3 is 9.64 Å². The van der Waals surface area contributed by atoms with E-state index in [0.717, 1.165) is 36.3 Å². The van der Waals surface area contributed by atoms with Crippen LogP contribution in [-0.2, 0) is 0 Å². The minimum absolute atomic E-state index is 0.0455. The van der Waals surface area contributed by atoms with Crippen molar-refractivity contribution in [2.75, 3.05) is 13.1 Å². The average molecular weight is 296 g/mol. The molecule has 1 aliphatic rings. The number of hydrogen-bond donors (Lipinski definition) is 0. The van der Waals surface area contributed by atoms with E-state index in [1.807, 2.05) is 48.2 Å². The summed E-state index contributed by atoms with van der Waals surface area (Å²) in [6.07, 6.45) is 5.42. The smallest absolute Gasteiger partial charge is 0.254 e. The average Bonchev–Trinajstić information content (AvgIpc) is 2.56. The number of aromatic nitrogens is 1. The Morgan fingerprint density at radius 1 is 1.23 bits per heavy atom. The molecule has 4 heteroatoms. The van der Waals surface area contributed by atoms with E-state index in [9.17, 15) is 4.79 Å². The van der Waals surface area contributed by atoms with Gasteiger partial charge in [0, 0.05) is 24.5 Å². The van der Waals surface area contributed by atoms with Gasteiger partial charge in [0.25, 0.3) is 5.91 Å². The van der Waals surface area contributed by atoms with Gasteiger partial charge in [-0.25, -0.2) is 0 Å². The van der Waals surface area contributed by atoms with Crippen LogP contribution in [0.2, 0.25) is 0 Å². The van der Waals surface area contributed by atoms with Crippen molar-refractivity contribution in [1.29, 1.82) is 0 Å². The highest BCUT2D eigenvalue weighted by Gasteiger charge is 2.26. The van der Waals surface area contributed by atoms with Crippen molar-refractivity contribution in [1.82, 2.24) is 9.88 Å². The summed E-state index contributed by atoms with van der Waals surface area (Å²) in [7, 11) is 0. The topological polar surface area (TPSA) is 42.4 Å². The Kier molecular flexibility index (Phi) is 4.37. The highest BCUT2D eigenvalue weighted by molar-refractivity contribution is 5.95. The van der Waals surface area contributed by atoms with Crippen LogP contribution in [0.1, 0.15) is 28.8 Å². The molecule has 1 saturated heterocycles. The Morgan fingerprint density at radius 2 is 2.00 bits per heavy atom. The maximum atomic E-state index is 12.7. The largest absolute Gasteiger partial charge is 0.488 e. The Hall–Kier alpha value is -2.36. The number of rotatable bonds is 3. The van der Waals surface area contributed by atoms with Crippen LogP contribution in [0, 0.1) is 6.92 Å². The molecule has 0 unspecified atom stereocenters. The van der Waals surface area contributed by atoms with Gasteiger partial charge in [0.1, 0.15) is 11.9 Å². The molecule has 1 fully saturated rings. The highest BCUT2D eigenvalue weighted by Crippen LogP contribution is 2.20. The molecule has 22 heavy (non-hydrogen) atoms. The Labute approximate surface area is 130 Å². The lowest BCUT2D eigenvalue weighted by atomic mass is 10.0. The number of ether oxygens (including phenoxy) is 1. The van der Waals surface area contributed by atoms with Crippen LogP contribution in [-0.4, -0.2) is 35.0 Å². The molecule has 1 aliphatic heterocycles. The number of aryl methyl sites for hydroxylation is 1. The zero-order valence-electron chi connectivity index (χ0n) is 12.7. The summed E-state index contributed by atoms with van der Waals surface area (Å²) >= 11 is 0. The second kappa shape index (κ2) is 6.60. The van der Waals surface area contributed by atoms with Crippen LogP contribution in [0.15, 0.2) is 48.8 Å². The summed E-state index contributed by atoms with van der Waals surface area (Å²) in [6.45, 7) is 3.40. The summed E-state index contributed by atoms with van der Waals surface area (Å²) in [5.41, 5.74) is 1.80. The highest BCUT2D eigenvalue weighted by atomic mass is 16.5. The fourth-order valence-electron chi connectivity index (χ4n) is 2.81. The molecule has 4 nitrogen and oxygen atoms in total. The lowest BCUT2D eigenvalue weighted by molar-refractivity contribution is 0.0537. The number of nitrogens with zero attached hydrogens (tertiary/aromatic N) is 2. The van der Waals surface area contributed by atoms with Crippen LogP contribution in [0.4, 0.5) is 0 Å². The lowest BCUT2D eigenvalue weighted by Crippen LogP contribution is -2.44. The molecule has 0 N–H and O–H groups in total. The fourth-order valence-corrected chi connectivity index (χ4v) is 2.81. The zero-order valence-corrected chi connectivity index (χ0v) is 12.7. The second-order valence-corrected chi connectivity index (χ2v) is 5.63. The Morgan fingerprint density at radius 3 is 2.77 bits per heavy atom. The van der Waals surface area contributed by atoms with Crippen molar-refractivity contribution in [3.05, 3.63) is 59.9 Å². The summed E-state index contributed by atoms with van der Waals surface area (Å²) in [4.78, 5) is 18.6. The molecule has 2 heterocycles. The van der Waals surface area contributed by atoms with E-state index >= 15 is 0 Å². The first-order chi connectivity index (χ1) is 10.7. The number of pyridine rings is 1. The normalized spacial score (nSPS) is 18.0. The van der Waals surface area contributed by atoms with Gasteiger partial charge in [0.2, 0.25) is 0 Å². The number of piperidine rings is 1. The predicted molar refractivity (Wildman–Crippen MR) is 85.0 cm³/mol. The first-order valence-corrected chi connectivity index (χ1v) is 7.65. The Balaban J connectivity index is 1.68. The first-order valence-electron chi connectivity index (χ1n) is 7.65. The van der Waals surface area contributed by atoms with Crippen LogP contribution in [0.5, 0.6) is 5.75 Å². The number of hydrogen-bond acceptors (Lipinski definition) is 3. The van der Waals surface area contributed by atoms with E-state index in [2.05, 4.69) is 4.98 Å². The monoisotopic (exact) mass is 296 g/mol. The van der Waals surface area contributed by atoms with Crippen LogP contribution < -0.4 is 4.74 Å². The van der Waals surface area contributed by atoms with E-state index in [0.29, 0.717) is 6.54 Å². The number of carbonyl (C=O) groups excluding carboxylic acids is 1. The minimum Gasteiger partial charge on any atom is -0.488 e. The molecule has 1 aromatic carbocycles. The van der Waals surface area contributed by atoms with Crippen LogP contribution in [0.3, 0.4) is 0 Å². The maximum absolute atomic E-state index is 12.7. The molecule has 0 radical (unpaired) electrons. The maximum Gasteiger partial charge on any atom is 0.254 e. The van der Waals surface area contributed by atoms with E-state index in [1.54, 1.807) is 12.4 Å². The van der Waals surface area contributed by atoms with Gasteiger partial charge >= 0.3 is 0 Å². The molecule has 0 saturated carbocycles.